The maximum Gasteiger partial charge on any atom is 0.0996 e. The number of aryl methyl sites for hydroxylation is 1. The molecule has 5 heteroatoms. The van der Waals surface area contributed by atoms with E-state index in [0.29, 0.717) is 6.61 Å². The van der Waals surface area contributed by atoms with Crippen molar-refractivity contribution in [2.45, 2.75) is 44.1 Å². The van der Waals surface area contributed by atoms with Crippen molar-refractivity contribution < 1.29 is 9.47 Å². The molecule has 2 fully saturated rings. The highest BCUT2D eigenvalue weighted by molar-refractivity contribution is 5.14. The summed E-state index contributed by atoms with van der Waals surface area (Å²) in [5.74, 6) is 0. The van der Waals surface area contributed by atoms with Crippen LogP contribution in [0.3, 0.4) is 0 Å². The monoisotopic (exact) mass is 341 g/mol. The molecule has 1 spiro atoms. The van der Waals surface area contributed by atoms with Crippen LogP contribution in [0.25, 0.3) is 0 Å². The quantitative estimate of drug-likeness (QED) is 0.838. The lowest BCUT2D eigenvalue weighted by Crippen LogP contribution is -2.55. The van der Waals surface area contributed by atoms with Crippen LogP contribution in [0.2, 0.25) is 0 Å². The van der Waals surface area contributed by atoms with Crippen LogP contribution in [0.4, 0.5) is 0 Å². The molecule has 3 heterocycles. The molecule has 134 valence electrons. The van der Waals surface area contributed by atoms with E-state index in [1.165, 1.54) is 11.1 Å². The summed E-state index contributed by atoms with van der Waals surface area (Å²) in [6.07, 6.45) is 7.49. The number of ether oxygens (including phenoxy) is 2. The van der Waals surface area contributed by atoms with Crippen molar-refractivity contribution in [2.75, 3.05) is 19.7 Å². The molecule has 0 N–H and O–H groups in total. The van der Waals surface area contributed by atoms with Crippen molar-refractivity contribution in [3.05, 3.63) is 53.9 Å². The minimum atomic E-state index is -0.0831. The van der Waals surface area contributed by atoms with E-state index in [-0.39, 0.29) is 11.7 Å². The van der Waals surface area contributed by atoms with E-state index in [9.17, 15) is 0 Å². The molecule has 4 rings (SSSR count). The molecule has 25 heavy (non-hydrogen) atoms. The average Bonchev–Trinajstić information content (AvgIpc) is 3.26. The predicted molar refractivity (Wildman–Crippen MR) is 96.0 cm³/mol. The van der Waals surface area contributed by atoms with E-state index in [1.54, 1.807) is 0 Å². The minimum Gasteiger partial charge on any atom is -0.372 e. The molecule has 5 nitrogen and oxygen atoms in total. The molecule has 0 aliphatic carbocycles. The highest BCUT2D eigenvalue weighted by atomic mass is 16.6. The second-order valence-corrected chi connectivity index (χ2v) is 7.31. The van der Waals surface area contributed by atoms with Gasteiger partial charge in [0.15, 0.2) is 0 Å². The smallest absolute Gasteiger partial charge is 0.0996 e. The first-order chi connectivity index (χ1) is 12.2. The number of rotatable bonds is 5. The Morgan fingerprint density at radius 2 is 2.12 bits per heavy atom. The average molecular weight is 341 g/mol. The number of hydrogen-bond donors (Lipinski definition) is 0. The third-order valence-corrected chi connectivity index (χ3v) is 5.45. The second kappa shape index (κ2) is 7.28. The molecule has 2 aromatic rings. The zero-order valence-electron chi connectivity index (χ0n) is 14.9. The fourth-order valence-electron chi connectivity index (χ4n) is 4.10. The van der Waals surface area contributed by atoms with Gasteiger partial charge in [-0.15, -0.1) is 0 Å². The summed E-state index contributed by atoms with van der Waals surface area (Å²) in [5.41, 5.74) is 2.40. The van der Waals surface area contributed by atoms with Crippen molar-refractivity contribution >= 4 is 0 Å². The topological polar surface area (TPSA) is 39.5 Å². The molecule has 0 unspecified atom stereocenters. The van der Waals surface area contributed by atoms with Crippen molar-refractivity contribution in [1.82, 2.24) is 14.7 Å². The molecule has 1 aromatic heterocycles. The molecule has 0 amide bonds. The number of nitrogens with zero attached hydrogens (tertiary/aromatic N) is 3. The second-order valence-electron chi connectivity index (χ2n) is 7.31. The fourth-order valence-corrected chi connectivity index (χ4v) is 4.10. The maximum absolute atomic E-state index is 6.39. The van der Waals surface area contributed by atoms with Gasteiger partial charge in [-0.25, -0.2) is 0 Å². The Bertz CT molecular complexity index is 679. The lowest BCUT2D eigenvalue weighted by Gasteiger charge is -2.44. The van der Waals surface area contributed by atoms with Gasteiger partial charge in [0.05, 0.1) is 24.5 Å². The Morgan fingerprint density at radius 1 is 1.24 bits per heavy atom. The summed E-state index contributed by atoms with van der Waals surface area (Å²) >= 11 is 0. The van der Waals surface area contributed by atoms with Crippen molar-refractivity contribution in [3.8, 4) is 0 Å². The number of aromatic nitrogens is 2. The van der Waals surface area contributed by atoms with Gasteiger partial charge < -0.3 is 9.47 Å². The lowest BCUT2D eigenvalue weighted by molar-refractivity contribution is -0.159. The summed E-state index contributed by atoms with van der Waals surface area (Å²) < 4.78 is 14.5. The van der Waals surface area contributed by atoms with Gasteiger partial charge >= 0.3 is 0 Å². The number of hydrogen-bond acceptors (Lipinski definition) is 4. The Balaban J connectivity index is 1.43. The Kier molecular flexibility index (Phi) is 4.88. The van der Waals surface area contributed by atoms with Gasteiger partial charge in [0, 0.05) is 45.0 Å². The van der Waals surface area contributed by atoms with Crippen LogP contribution in [-0.2, 0) is 29.7 Å². The van der Waals surface area contributed by atoms with Crippen LogP contribution in [0.15, 0.2) is 42.7 Å². The Hall–Kier alpha value is -1.69. The first-order valence-electron chi connectivity index (χ1n) is 9.23. The van der Waals surface area contributed by atoms with Crippen LogP contribution in [0, 0.1) is 0 Å². The van der Waals surface area contributed by atoms with E-state index in [1.807, 2.05) is 24.0 Å². The van der Waals surface area contributed by atoms with Crippen molar-refractivity contribution in [2.24, 2.45) is 7.05 Å². The van der Waals surface area contributed by atoms with Gasteiger partial charge in [-0.3, -0.25) is 9.58 Å². The maximum atomic E-state index is 6.39. The van der Waals surface area contributed by atoms with Gasteiger partial charge in [0.1, 0.15) is 0 Å². The molecule has 2 aliphatic heterocycles. The summed E-state index contributed by atoms with van der Waals surface area (Å²) in [5, 5.41) is 4.28. The molecule has 0 saturated carbocycles. The van der Waals surface area contributed by atoms with Crippen molar-refractivity contribution in [1.29, 1.82) is 0 Å². The first kappa shape index (κ1) is 16.8. The van der Waals surface area contributed by atoms with Crippen LogP contribution < -0.4 is 0 Å². The number of benzene rings is 1. The van der Waals surface area contributed by atoms with Gasteiger partial charge in [-0.1, -0.05) is 30.3 Å². The minimum absolute atomic E-state index is 0.0831. The standard InChI is InChI=1S/C20H27N3O2/c1-22-13-18(12-21-22)14-23-10-9-20(8-5-11-25-20)19(15-23)24-16-17-6-3-2-4-7-17/h2-4,6-7,12-13,19H,5,8-11,14-16H2,1H3/t19-,20-/m0/s1. The van der Waals surface area contributed by atoms with Gasteiger partial charge in [0.2, 0.25) is 0 Å². The summed E-state index contributed by atoms with van der Waals surface area (Å²) in [4.78, 5) is 2.47. The third-order valence-electron chi connectivity index (χ3n) is 5.45. The molecule has 1 aromatic carbocycles. The van der Waals surface area contributed by atoms with Crippen molar-refractivity contribution in [3.63, 3.8) is 0 Å². The van der Waals surface area contributed by atoms with Gasteiger partial charge in [-0.05, 0) is 24.8 Å². The molecule has 0 bridgehead atoms. The summed E-state index contributed by atoms with van der Waals surface area (Å²) in [7, 11) is 1.97. The molecule has 2 saturated heterocycles. The normalized spacial score (nSPS) is 27.2. The van der Waals surface area contributed by atoms with Gasteiger partial charge in [0.25, 0.3) is 0 Å². The zero-order valence-corrected chi connectivity index (χ0v) is 14.9. The van der Waals surface area contributed by atoms with Crippen LogP contribution in [0.1, 0.15) is 30.4 Å². The molecular weight excluding hydrogens is 314 g/mol. The Morgan fingerprint density at radius 3 is 2.84 bits per heavy atom. The van der Waals surface area contributed by atoms with E-state index in [4.69, 9.17) is 9.47 Å². The van der Waals surface area contributed by atoms with E-state index >= 15 is 0 Å². The van der Waals surface area contributed by atoms with Gasteiger partial charge in [-0.2, -0.15) is 5.10 Å². The van der Waals surface area contributed by atoms with Crippen LogP contribution in [0.5, 0.6) is 0 Å². The van der Waals surface area contributed by atoms with Crippen LogP contribution >= 0.6 is 0 Å². The van der Waals surface area contributed by atoms with Crippen LogP contribution in [-0.4, -0.2) is 46.1 Å². The molecule has 2 atom stereocenters. The van der Waals surface area contributed by atoms with E-state index in [2.05, 4.69) is 40.5 Å². The third kappa shape index (κ3) is 3.78. The predicted octanol–water partition coefficient (Wildman–Crippen LogP) is 2.76. The fraction of sp³-hybridized carbons (Fsp3) is 0.550. The number of piperidine rings is 1. The summed E-state index contributed by atoms with van der Waals surface area (Å²) in [6.45, 7) is 4.42. The molecule has 0 radical (unpaired) electrons. The SMILES string of the molecule is Cn1cc(CN2CC[C@@]3(CCCO3)[C@@H](OCc3ccccc3)C2)cn1. The highest BCUT2D eigenvalue weighted by Gasteiger charge is 2.47. The highest BCUT2D eigenvalue weighted by Crippen LogP contribution is 2.38. The van der Waals surface area contributed by atoms with E-state index < -0.39 is 0 Å². The molecule has 2 aliphatic rings. The van der Waals surface area contributed by atoms with E-state index in [0.717, 1.165) is 45.5 Å². The lowest BCUT2D eigenvalue weighted by atomic mass is 9.85. The first-order valence-corrected chi connectivity index (χ1v) is 9.23. The largest absolute Gasteiger partial charge is 0.372 e. The Labute approximate surface area is 149 Å². The molecular formula is C20H27N3O2. The number of likely N-dealkylation sites (tertiary alicyclic amines) is 1. The summed E-state index contributed by atoms with van der Waals surface area (Å²) in [6, 6.07) is 10.4. The zero-order chi connectivity index (χ0) is 17.1.